The van der Waals surface area contributed by atoms with E-state index in [0.29, 0.717) is 24.4 Å². The number of nitrogens with zero attached hydrogens (tertiary/aromatic N) is 2. The quantitative estimate of drug-likeness (QED) is 0.169. The molecular formula is C32H26N2O4. The molecule has 38 heavy (non-hydrogen) atoms. The SMILES string of the molecule is CCn1c2ccccc2c2cc(-c3ccc(/C=C(\C#N)C(=O)CCCc4cccc(C(=O)O)c4)o3)ccc21. The topological polar surface area (TPSA) is 96.2 Å². The molecule has 0 saturated heterocycles. The number of nitriles is 1. The highest BCUT2D eigenvalue weighted by Crippen LogP contribution is 2.33. The number of carbonyl (C=O) groups is 2. The molecule has 5 aromatic rings. The number of aryl methyl sites for hydroxylation is 2. The van der Waals surface area contributed by atoms with E-state index in [2.05, 4.69) is 35.8 Å². The molecule has 3 aromatic carbocycles. The Kier molecular flexibility index (Phi) is 6.92. The number of Topliss-reactive ketones (excluding diaryl/α,β-unsaturated/α-hetero) is 1. The van der Waals surface area contributed by atoms with Crippen molar-refractivity contribution in [3.8, 4) is 17.4 Å². The van der Waals surface area contributed by atoms with Crippen LogP contribution in [-0.4, -0.2) is 21.4 Å². The second-order valence-electron chi connectivity index (χ2n) is 9.15. The number of carbonyl (C=O) groups excluding carboxylic acids is 1. The fourth-order valence-electron chi connectivity index (χ4n) is 4.90. The van der Waals surface area contributed by atoms with Crippen molar-refractivity contribution in [1.82, 2.24) is 4.57 Å². The van der Waals surface area contributed by atoms with Crippen molar-refractivity contribution >= 4 is 39.6 Å². The maximum absolute atomic E-state index is 12.7. The van der Waals surface area contributed by atoms with E-state index in [1.165, 1.54) is 23.0 Å². The third-order valence-corrected chi connectivity index (χ3v) is 6.75. The lowest BCUT2D eigenvalue weighted by molar-refractivity contribution is -0.115. The summed E-state index contributed by atoms with van der Waals surface area (Å²) in [6.07, 6.45) is 2.73. The average molecular weight is 503 g/mol. The summed E-state index contributed by atoms with van der Waals surface area (Å²) < 4.78 is 8.30. The summed E-state index contributed by atoms with van der Waals surface area (Å²) in [6, 6.07) is 26.8. The van der Waals surface area contributed by atoms with E-state index in [9.17, 15) is 14.9 Å². The molecule has 0 saturated carbocycles. The number of benzene rings is 3. The standard InChI is InChI=1S/C32H26N2O4/c1-2-34-28-11-4-3-10-26(28)27-19-22(13-15-29(27)34)31-16-14-25(38-31)18-24(20-33)30(35)12-6-8-21-7-5-9-23(17-21)32(36)37/h3-5,7,9-11,13-19H,2,6,8,12H2,1H3,(H,36,37)/b24-18+. The highest BCUT2D eigenvalue weighted by atomic mass is 16.4. The van der Waals surface area contributed by atoms with Crippen molar-refractivity contribution in [3.63, 3.8) is 0 Å². The molecule has 0 unspecified atom stereocenters. The van der Waals surface area contributed by atoms with Crippen LogP contribution in [0.1, 0.15) is 41.4 Å². The summed E-state index contributed by atoms with van der Waals surface area (Å²) in [5, 5.41) is 21.1. The molecule has 0 aliphatic rings. The maximum Gasteiger partial charge on any atom is 0.335 e. The lowest BCUT2D eigenvalue weighted by atomic mass is 10.0. The number of fused-ring (bicyclic) bond motifs is 3. The molecule has 2 aromatic heterocycles. The Bertz CT molecular complexity index is 1750. The molecule has 188 valence electrons. The Balaban J connectivity index is 1.32. The molecule has 0 fully saturated rings. The average Bonchev–Trinajstić information content (AvgIpc) is 3.53. The summed E-state index contributed by atoms with van der Waals surface area (Å²) >= 11 is 0. The van der Waals surface area contributed by atoms with Gasteiger partial charge in [-0.25, -0.2) is 4.79 Å². The van der Waals surface area contributed by atoms with Gasteiger partial charge in [0.2, 0.25) is 0 Å². The monoisotopic (exact) mass is 502 g/mol. The number of aromatic carboxylic acids is 1. The molecule has 5 rings (SSSR count). The van der Waals surface area contributed by atoms with E-state index in [-0.39, 0.29) is 23.3 Å². The molecule has 6 nitrogen and oxygen atoms in total. The van der Waals surface area contributed by atoms with Gasteiger partial charge >= 0.3 is 5.97 Å². The number of rotatable bonds is 9. The van der Waals surface area contributed by atoms with Gasteiger partial charge in [0, 0.05) is 46.4 Å². The minimum absolute atomic E-state index is 0.0339. The minimum Gasteiger partial charge on any atom is -0.478 e. The number of carboxylic acid groups (broad SMARTS) is 1. The van der Waals surface area contributed by atoms with Gasteiger partial charge in [-0.3, -0.25) is 4.79 Å². The van der Waals surface area contributed by atoms with Crippen molar-refractivity contribution < 1.29 is 19.1 Å². The van der Waals surface area contributed by atoms with Crippen LogP contribution in [0.25, 0.3) is 39.2 Å². The van der Waals surface area contributed by atoms with Crippen LogP contribution in [0.3, 0.4) is 0 Å². The van der Waals surface area contributed by atoms with Crippen LogP contribution in [0.15, 0.2) is 88.9 Å². The van der Waals surface area contributed by atoms with Gasteiger partial charge in [0.15, 0.2) is 5.78 Å². The molecule has 0 aliphatic carbocycles. The second kappa shape index (κ2) is 10.6. The van der Waals surface area contributed by atoms with Gasteiger partial charge in [0.25, 0.3) is 0 Å². The number of carboxylic acids is 1. The van der Waals surface area contributed by atoms with E-state index in [0.717, 1.165) is 28.6 Å². The predicted molar refractivity (Wildman–Crippen MR) is 148 cm³/mol. The van der Waals surface area contributed by atoms with Crippen LogP contribution in [0.2, 0.25) is 0 Å². The molecule has 2 heterocycles. The predicted octanol–water partition coefficient (Wildman–Crippen LogP) is 7.27. The van der Waals surface area contributed by atoms with Gasteiger partial charge in [0.05, 0.1) is 11.1 Å². The van der Waals surface area contributed by atoms with Crippen LogP contribution in [0.4, 0.5) is 0 Å². The molecule has 6 heteroatoms. The number of hydrogen-bond donors (Lipinski definition) is 1. The first kappa shape index (κ1) is 24.8. The van der Waals surface area contributed by atoms with Crippen LogP contribution in [0, 0.1) is 11.3 Å². The minimum atomic E-state index is -0.983. The fraction of sp³-hybridized carbons (Fsp3) is 0.156. The zero-order chi connectivity index (χ0) is 26.6. The number of para-hydroxylation sites is 1. The third-order valence-electron chi connectivity index (χ3n) is 6.75. The Hall–Kier alpha value is -4.89. The summed E-state index contributed by atoms with van der Waals surface area (Å²) in [4.78, 5) is 23.8. The summed E-state index contributed by atoms with van der Waals surface area (Å²) in [6.45, 7) is 3.01. The number of allylic oxidation sites excluding steroid dienone is 1. The Morgan fingerprint density at radius 1 is 0.974 bits per heavy atom. The number of aromatic nitrogens is 1. The van der Waals surface area contributed by atoms with E-state index in [1.54, 1.807) is 18.2 Å². The second-order valence-corrected chi connectivity index (χ2v) is 9.15. The molecule has 0 atom stereocenters. The van der Waals surface area contributed by atoms with Crippen LogP contribution in [0.5, 0.6) is 0 Å². The van der Waals surface area contributed by atoms with E-state index < -0.39 is 5.97 Å². The molecule has 0 radical (unpaired) electrons. The first-order valence-corrected chi connectivity index (χ1v) is 12.6. The lowest BCUT2D eigenvalue weighted by Gasteiger charge is -2.03. The van der Waals surface area contributed by atoms with Gasteiger partial charge < -0.3 is 14.1 Å². The van der Waals surface area contributed by atoms with Crippen LogP contribution in [-0.2, 0) is 17.8 Å². The smallest absolute Gasteiger partial charge is 0.335 e. The zero-order valence-electron chi connectivity index (χ0n) is 21.0. The molecule has 1 N–H and O–H groups in total. The van der Waals surface area contributed by atoms with E-state index >= 15 is 0 Å². The number of furan rings is 1. The van der Waals surface area contributed by atoms with Crippen LogP contribution >= 0.6 is 0 Å². The highest BCUT2D eigenvalue weighted by Gasteiger charge is 2.14. The van der Waals surface area contributed by atoms with Crippen molar-refractivity contribution in [2.24, 2.45) is 0 Å². The summed E-state index contributed by atoms with van der Waals surface area (Å²) in [5.74, 6) is -0.151. The van der Waals surface area contributed by atoms with Crippen molar-refractivity contribution in [2.75, 3.05) is 0 Å². The number of ketones is 1. The van der Waals surface area contributed by atoms with Crippen molar-refractivity contribution in [1.29, 1.82) is 5.26 Å². The molecular weight excluding hydrogens is 476 g/mol. The molecule has 0 spiro atoms. The van der Waals surface area contributed by atoms with E-state index in [4.69, 9.17) is 9.52 Å². The molecule has 0 bridgehead atoms. The zero-order valence-corrected chi connectivity index (χ0v) is 21.0. The van der Waals surface area contributed by atoms with Crippen molar-refractivity contribution in [2.45, 2.75) is 32.7 Å². The van der Waals surface area contributed by atoms with E-state index in [1.807, 2.05) is 36.4 Å². The Morgan fingerprint density at radius 2 is 1.79 bits per heavy atom. The van der Waals surface area contributed by atoms with Gasteiger partial charge in [0.1, 0.15) is 17.6 Å². The first-order chi connectivity index (χ1) is 18.5. The fourth-order valence-corrected chi connectivity index (χ4v) is 4.90. The Labute approximate surface area is 220 Å². The first-order valence-electron chi connectivity index (χ1n) is 12.6. The normalized spacial score (nSPS) is 11.6. The summed E-state index contributed by atoms with van der Waals surface area (Å²) in [7, 11) is 0. The third kappa shape index (κ3) is 4.87. The summed E-state index contributed by atoms with van der Waals surface area (Å²) in [5.41, 5.74) is 4.37. The maximum atomic E-state index is 12.7. The van der Waals surface area contributed by atoms with Gasteiger partial charge in [-0.05, 0) is 73.9 Å². The molecule has 0 aliphatic heterocycles. The van der Waals surface area contributed by atoms with Gasteiger partial charge in [-0.2, -0.15) is 5.26 Å². The van der Waals surface area contributed by atoms with Crippen LogP contribution < -0.4 is 0 Å². The number of hydrogen-bond acceptors (Lipinski definition) is 4. The molecule has 0 amide bonds. The van der Waals surface area contributed by atoms with Crippen molar-refractivity contribution in [3.05, 3.63) is 101 Å². The largest absolute Gasteiger partial charge is 0.478 e. The van der Waals surface area contributed by atoms with Gasteiger partial charge in [-0.15, -0.1) is 0 Å². The van der Waals surface area contributed by atoms with Gasteiger partial charge in [-0.1, -0.05) is 30.3 Å². The lowest BCUT2D eigenvalue weighted by Crippen LogP contribution is -2.02. The Morgan fingerprint density at radius 3 is 2.58 bits per heavy atom. The highest BCUT2D eigenvalue weighted by molar-refractivity contribution is 6.09.